The van der Waals surface area contributed by atoms with Crippen LogP contribution >= 0.6 is 0 Å². The first kappa shape index (κ1) is 12.6. The second kappa shape index (κ2) is 4.90. The van der Waals surface area contributed by atoms with E-state index in [9.17, 15) is 15.2 Å². The SMILES string of the molecule is O=[N+]([O-])c1nccn1CC(O)CN1C2CCCCC21. The van der Waals surface area contributed by atoms with Gasteiger partial charge in [-0.15, -0.1) is 0 Å². The highest BCUT2D eigenvalue weighted by molar-refractivity contribution is 5.08. The fraction of sp³-hybridized carbons (Fsp3) is 0.750. The summed E-state index contributed by atoms with van der Waals surface area (Å²) in [5.74, 6) is -0.206. The van der Waals surface area contributed by atoms with E-state index in [1.807, 2.05) is 0 Å². The lowest BCUT2D eigenvalue weighted by atomic mass is 10.0. The lowest BCUT2D eigenvalue weighted by Crippen LogP contribution is -2.26. The van der Waals surface area contributed by atoms with E-state index in [0.29, 0.717) is 18.6 Å². The molecule has 1 aromatic heterocycles. The molecule has 7 nitrogen and oxygen atoms in total. The van der Waals surface area contributed by atoms with E-state index < -0.39 is 11.0 Å². The van der Waals surface area contributed by atoms with Crippen LogP contribution in [0.5, 0.6) is 0 Å². The van der Waals surface area contributed by atoms with Crippen LogP contribution in [0.15, 0.2) is 12.4 Å². The van der Waals surface area contributed by atoms with E-state index >= 15 is 0 Å². The summed E-state index contributed by atoms with van der Waals surface area (Å²) in [5, 5.41) is 20.8. The summed E-state index contributed by atoms with van der Waals surface area (Å²) in [6.07, 6.45) is 7.35. The molecule has 1 saturated heterocycles. The molecule has 3 atom stereocenters. The van der Waals surface area contributed by atoms with Crippen molar-refractivity contribution in [2.75, 3.05) is 6.54 Å². The van der Waals surface area contributed by atoms with E-state index in [2.05, 4.69) is 9.88 Å². The Morgan fingerprint density at radius 3 is 2.74 bits per heavy atom. The van der Waals surface area contributed by atoms with Gasteiger partial charge in [0.25, 0.3) is 0 Å². The summed E-state index contributed by atoms with van der Waals surface area (Å²) in [6, 6.07) is 1.28. The Balaban J connectivity index is 1.55. The predicted octanol–water partition coefficient (Wildman–Crippen LogP) is 0.779. The number of β-amino-alcohol motifs (C(OH)–C–C–N with tert-alkyl or cyclic N) is 1. The summed E-state index contributed by atoms with van der Waals surface area (Å²) >= 11 is 0. The number of rotatable bonds is 5. The third-order valence-corrected chi connectivity index (χ3v) is 4.14. The molecule has 1 N–H and O–H groups in total. The number of hydrogen-bond donors (Lipinski definition) is 1. The van der Waals surface area contributed by atoms with Crippen LogP contribution < -0.4 is 0 Å². The molecule has 1 aliphatic heterocycles. The zero-order chi connectivity index (χ0) is 13.4. The molecule has 1 saturated carbocycles. The Bertz CT molecular complexity index is 463. The van der Waals surface area contributed by atoms with Crippen molar-refractivity contribution in [3.05, 3.63) is 22.5 Å². The highest BCUT2D eigenvalue weighted by Crippen LogP contribution is 2.40. The number of aliphatic hydroxyl groups excluding tert-OH is 1. The average molecular weight is 266 g/mol. The van der Waals surface area contributed by atoms with Gasteiger partial charge in [0.2, 0.25) is 0 Å². The van der Waals surface area contributed by atoms with Crippen molar-refractivity contribution in [2.45, 2.75) is 50.4 Å². The number of fused-ring (bicyclic) bond motifs is 1. The molecule has 19 heavy (non-hydrogen) atoms. The molecule has 1 aliphatic carbocycles. The molecule has 1 aromatic rings. The van der Waals surface area contributed by atoms with Gasteiger partial charge in [-0.05, 0) is 17.8 Å². The zero-order valence-corrected chi connectivity index (χ0v) is 10.7. The Hall–Kier alpha value is -1.47. The Labute approximate surface area is 111 Å². The molecule has 0 amide bonds. The van der Waals surface area contributed by atoms with Crippen LogP contribution in [0.1, 0.15) is 25.7 Å². The quantitative estimate of drug-likeness (QED) is 0.483. The molecular weight excluding hydrogens is 248 g/mol. The maximum atomic E-state index is 10.7. The lowest BCUT2D eigenvalue weighted by molar-refractivity contribution is -0.397. The van der Waals surface area contributed by atoms with E-state index in [1.54, 1.807) is 0 Å². The first-order valence-corrected chi connectivity index (χ1v) is 6.76. The summed E-state index contributed by atoms with van der Waals surface area (Å²) < 4.78 is 1.40. The number of nitrogens with zero attached hydrogens (tertiary/aromatic N) is 4. The van der Waals surface area contributed by atoms with E-state index in [0.717, 1.165) is 0 Å². The van der Waals surface area contributed by atoms with Crippen molar-refractivity contribution in [2.24, 2.45) is 0 Å². The van der Waals surface area contributed by atoms with Gasteiger partial charge in [-0.3, -0.25) is 4.90 Å². The van der Waals surface area contributed by atoms with Gasteiger partial charge >= 0.3 is 5.95 Å². The fourth-order valence-electron chi connectivity index (χ4n) is 3.23. The van der Waals surface area contributed by atoms with Crippen molar-refractivity contribution in [1.82, 2.24) is 14.5 Å². The minimum Gasteiger partial charge on any atom is -0.390 e. The largest absolute Gasteiger partial charge is 0.434 e. The van der Waals surface area contributed by atoms with Crippen LogP contribution in [0.4, 0.5) is 5.95 Å². The first-order valence-electron chi connectivity index (χ1n) is 6.76. The number of hydrogen-bond acceptors (Lipinski definition) is 5. The molecule has 2 heterocycles. The number of aromatic nitrogens is 2. The van der Waals surface area contributed by atoms with Crippen molar-refractivity contribution < 1.29 is 10.0 Å². The topological polar surface area (TPSA) is 84.2 Å². The third-order valence-electron chi connectivity index (χ3n) is 4.14. The number of likely N-dealkylation sites (tertiary alicyclic amines) is 1. The molecular formula is C12H18N4O3. The average Bonchev–Trinajstić information content (AvgIpc) is 2.85. The highest BCUT2D eigenvalue weighted by atomic mass is 16.6. The summed E-state index contributed by atoms with van der Waals surface area (Å²) in [7, 11) is 0. The van der Waals surface area contributed by atoms with E-state index in [-0.39, 0.29) is 12.5 Å². The molecule has 0 bridgehead atoms. The van der Waals surface area contributed by atoms with Gasteiger partial charge in [0.1, 0.15) is 12.4 Å². The molecule has 0 radical (unpaired) electrons. The Morgan fingerprint density at radius 2 is 2.11 bits per heavy atom. The highest BCUT2D eigenvalue weighted by Gasteiger charge is 2.48. The van der Waals surface area contributed by atoms with Gasteiger partial charge < -0.3 is 15.2 Å². The summed E-state index contributed by atoms with van der Waals surface area (Å²) in [5.41, 5.74) is 0. The number of nitro groups is 1. The second-order valence-electron chi connectivity index (χ2n) is 5.41. The lowest BCUT2D eigenvalue weighted by Gasteiger charge is -2.11. The van der Waals surface area contributed by atoms with Crippen molar-refractivity contribution >= 4 is 5.95 Å². The van der Waals surface area contributed by atoms with Gasteiger partial charge in [0.05, 0.1) is 12.6 Å². The second-order valence-corrected chi connectivity index (χ2v) is 5.41. The van der Waals surface area contributed by atoms with Crippen molar-refractivity contribution in [3.8, 4) is 0 Å². The van der Waals surface area contributed by atoms with Crippen LogP contribution in [-0.2, 0) is 6.54 Å². The van der Waals surface area contributed by atoms with Crippen LogP contribution in [-0.4, -0.2) is 49.2 Å². The molecule has 3 rings (SSSR count). The van der Waals surface area contributed by atoms with Crippen LogP contribution in [0.25, 0.3) is 0 Å². The minimum atomic E-state index is -0.585. The molecule has 104 valence electrons. The molecule has 7 heteroatoms. The number of imidazole rings is 1. The van der Waals surface area contributed by atoms with Crippen molar-refractivity contribution in [1.29, 1.82) is 0 Å². The minimum absolute atomic E-state index is 0.206. The standard InChI is InChI=1S/C12H18N4O3/c17-9(7-14-6-5-13-12(14)16(18)19)8-15-10-3-1-2-4-11(10)15/h5-6,9-11,17H,1-4,7-8H2. The fourth-order valence-corrected chi connectivity index (χ4v) is 3.23. The summed E-state index contributed by atoms with van der Waals surface area (Å²) in [4.78, 5) is 16.2. The van der Waals surface area contributed by atoms with Crippen LogP contribution in [0.2, 0.25) is 0 Å². The third kappa shape index (κ3) is 2.48. The normalized spacial score (nSPS) is 30.7. The predicted molar refractivity (Wildman–Crippen MR) is 67.6 cm³/mol. The monoisotopic (exact) mass is 266 g/mol. The maximum absolute atomic E-state index is 10.7. The molecule has 0 spiro atoms. The maximum Gasteiger partial charge on any atom is 0.434 e. The van der Waals surface area contributed by atoms with E-state index in [1.165, 1.54) is 42.6 Å². The summed E-state index contributed by atoms with van der Waals surface area (Å²) in [6.45, 7) is 0.830. The van der Waals surface area contributed by atoms with Gasteiger partial charge in [0.15, 0.2) is 0 Å². The Morgan fingerprint density at radius 1 is 1.42 bits per heavy atom. The van der Waals surface area contributed by atoms with Gasteiger partial charge in [0, 0.05) is 18.6 Å². The Kier molecular flexibility index (Phi) is 3.24. The smallest absolute Gasteiger partial charge is 0.390 e. The van der Waals surface area contributed by atoms with Crippen LogP contribution in [0, 0.1) is 10.1 Å². The first-order chi connectivity index (χ1) is 9.16. The van der Waals surface area contributed by atoms with Gasteiger partial charge in [-0.2, -0.15) is 0 Å². The van der Waals surface area contributed by atoms with E-state index in [4.69, 9.17) is 0 Å². The van der Waals surface area contributed by atoms with Gasteiger partial charge in [-0.1, -0.05) is 17.8 Å². The van der Waals surface area contributed by atoms with Gasteiger partial charge in [-0.25, -0.2) is 4.57 Å². The molecule has 3 unspecified atom stereocenters. The zero-order valence-electron chi connectivity index (χ0n) is 10.7. The molecule has 0 aromatic carbocycles. The number of aliphatic hydroxyl groups is 1. The molecule has 2 fully saturated rings. The molecule has 2 aliphatic rings. The van der Waals surface area contributed by atoms with Crippen LogP contribution in [0.3, 0.4) is 0 Å². The van der Waals surface area contributed by atoms with Crippen molar-refractivity contribution in [3.63, 3.8) is 0 Å².